The van der Waals surface area contributed by atoms with Crippen molar-refractivity contribution >= 4 is 21.7 Å². The van der Waals surface area contributed by atoms with Gasteiger partial charge in [0, 0.05) is 22.0 Å². The van der Waals surface area contributed by atoms with Gasteiger partial charge in [0.25, 0.3) is 0 Å². The van der Waals surface area contributed by atoms with Crippen LogP contribution in [0.15, 0.2) is 16.7 Å². The van der Waals surface area contributed by atoms with Gasteiger partial charge < -0.3 is 10.1 Å². The predicted octanol–water partition coefficient (Wildman–Crippen LogP) is 2.77. The van der Waals surface area contributed by atoms with Crippen molar-refractivity contribution < 1.29 is 18.1 Å². The van der Waals surface area contributed by atoms with Gasteiger partial charge in [-0.2, -0.15) is 13.2 Å². The number of rotatable bonds is 1. The minimum absolute atomic E-state index is 0.584. The first-order valence-electron chi connectivity index (χ1n) is 3.20. The van der Waals surface area contributed by atoms with Gasteiger partial charge in [0.15, 0.2) is 0 Å². The maximum absolute atomic E-state index is 12.1. The number of nitro groups is 1. The molecule has 0 spiro atoms. The lowest BCUT2D eigenvalue weighted by Gasteiger charge is -2.04. The first-order valence-corrected chi connectivity index (χ1v) is 4.00. The number of halogens is 4. The smallest absolute Gasteiger partial charge is 0.358 e. The van der Waals surface area contributed by atoms with Crippen molar-refractivity contribution in [2.45, 2.75) is 6.18 Å². The predicted molar refractivity (Wildman–Crippen MR) is 43.6 cm³/mol. The molecule has 1 heterocycles. The number of nitrogens with zero attached hydrogens (tertiary/aromatic N) is 2. The molecule has 0 atom stereocenters. The van der Waals surface area contributed by atoms with E-state index in [4.69, 9.17) is 0 Å². The Kier molecular flexibility index (Phi) is 2.74. The Morgan fingerprint density at radius 3 is 2.36 bits per heavy atom. The number of hydrogen-bond donors (Lipinski definition) is 0. The second-order valence-corrected chi connectivity index (χ2v) is 3.01. The maximum atomic E-state index is 12.1. The Bertz CT molecular complexity index is 380. The fourth-order valence-corrected chi connectivity index (χ4v) is 1.28. The van der Waals surface area contributed by atoms with Crippen LogP contribution in [-0.2, 0) is 6.18 Å². The molecule has 0 aromatic carbocycles. The van der Waals surface area contributed by atoms with Crippen molar-refractivity contribution in [3.8, 4) is 0 Å². The van der Waals surface area contributed by atoms with Gasteiger partial charge in [0.1, 0.15) is 5.56 Å². The zero-order chi connectivity index (χ0) is 10.9. The van der Waals surface area contributed by atoms with E-state index in [0.29, 0.717) is 12.1 Å². The third-order valence-electron chi connectivity index (χ3n) is 1.33. The molecule has 0 amide bonds. The highest BCUT2D eigenvalue weighted by molar-refractivity contribution is 9.10. The summed E-state index contributed by atoms with van der Waals surface area (Å²) in [6.07, 6.45) is -4.57. The molecule has 0 aliphatic rings. The molecule has 1 aromatic rings. The van der Waals surface area contributed by atoms with Crippen LogP contribution in [0.2, 0.25) is 0 Å². The molecule has 1 aromatic heterocycles. The number of pyridine rings is 1. The lowest BCUT2D eigenvalue weighted by Crippen LogP contribution is -2.07. The summed E-state index contributed by atoms with van der Waals surface area (Å²) in [5.74, 6) is -0.634. The molecule has 0 unspecified atom stereocenters. The van der Waals surface area contributed by atoms with Gasteiger partial charge in [-0.3, -0.25) is 0 Å². The van der Waals surface area contributed by atoms with E-state index in [9.17, 15) is 23.3 Å². The summed E-state index contributed by atoms with van der Waals surface area (Å²) in [5.41, 5.74) is -1.04. The number of alkyl halides is 3. The van der Waals surface area contributed by atoms with E-state index in [1.165, 1.54) is 0 Å². The van der Waals surface area contributed by atoms with Gasteiger partial charge in [-0.1, -0.05) is 0 Å². The lowest BCUT2D eigenvalue weighted by molar-refractivity contribution is -0.389. The molecule has 76 valence electrons. The fraction of sp³-hybridized carbons (Fsp3) is 0.167. The molecule has 0 aliphatic heterocycles. The van der Waals surface area contributed by atoms with E-state index < -0.39 is 27.1 Å². The molecule has 0 aliphatic carbocycles. The van der Waals surface area contributed by atoms with E-state index in [2.05, 4.69) is 20.9 Å². The van der Waals surface area contributed by atoms with Gasteiger partial charge >= 0.3 is 12.0 Å². The first kappa shape index (κ1) is 10.9. The molecular weight excluding hydrogens is 269 g/mol. The van der Waals surface area contributed by atoms with Crippen LogP contribution in [0.5, 0.6) is 0 Å². The largest absolute Gasteiger partial charge is 0.421 e. The standard InChI is InChI=1S/C6H2BrF3N2O2/c7-5-3(6(8,9)10)1-2-4(11-5)12(13)14/h1-2H. The molecule has 0 N–H and O–H groups in total. The molecule has 4 nitrogen and oxygen atoms in total. The van der Waals surface area contributed by atoms with Gasteiger partial charge in [-0.05, 0) is 16.0 Å². The van der Waals surface area contributed by atoms with Gasteiger partial charge in [0.2, 0.25) is 4.60 Å². The third kappa shape index (κ3) is 2.19. The number of hydrogen-bond acceptors (Lipinski definition) is 3. The van der Waals surface area contributed by atoms with Crippen molar-refractivity contribution in [1.29, 1.82) is 0 Å². The summed E-state index contributed by atoms with van der Waals surface area (Å²) < 4.78 is 35.8. The molecular formula is C6H2BrF3N2O2. The van der Waals surface area contributed by atoms with Crippen LogP contribution >= 0.6 is 15.9 Å². The summed E-state index contributed by atoms with van der Waals surface area (Å²) in [5, 5.41) is 10.2. The van der Waals surface area contributed by atoms with Crippen LogP contribution < -0.4 is 0 Å². The van der Waals surface area contributed by atoms with Crippen molar-refractivity contribution in [3.63, 3.8) is 0 Å². The summed E-state index contributed by atoms with van der Waals surface area (Å²) in [4.78, 5) is 12.4. The van der Waals surface area contributed by atoms with Crippen molar-refractivity contribution in [2.75, 3.05) is 0 Å². The zero-order valence-electron chi connectivity index (χ0n) is 6.38. The van der Waals surface area contributed by atoms with E-state index in [0.717, 1.165) is 0 Å². The SMILES string of the molecule is O=[N+]([O-])c1ccc(C(F)(F)F)c(Br)n1. The molecule has 0 saturated carbocycles. The molecule has 8 heteroatoms. The van der Waals surface area contributed by atoms with Crippen LogP contribution in [-0.4, -0.2) is 9.91 Å². The Morgan fingerprint density at radius 1 is 1.43 bits per heavy atom. The molecule has 14 heavy (non-hydrogen) atoms. The third-order valence-corrected chi connectivity index (χ3v) is 1.93. The maximum Gasteiger partial charge on any atom is 0.421 e. The molecule has 0 saturated heterocycles. The molecule has 0 fully saturated rings. The van der Waals surface area contributed by atoms with E-state index >= 15 is 0 Å². The lowest BCUT2D eigenvalue weighted by atomic mass is 10.3. The van der Waals surface area contributed by atoms with Gasteiger partial charge in [-0.25, -0.2) is 0 Å². The Balaban J connectivity index is 3.21. The van der Waals surface area contributed by atoms with Crippen molar-refractivity contribution in [3.05, 3.63) is 32.4 Å². The topological polar surface area (TPSA) is 56.0 Å². The normalized spacial score (nSPS) is 11.4. The van der Waals surface area contributed by atoms with Crippen molar-refractivity contribution in [2.24, 2.45) is 0 Å². The summed E-state index contributed by atoms with van der Waals surface area (Å²) in [7, 11) is 0. The molecule has 0 bridgehead atoms. The van der Waals surface area contributed by atoms with Crippen LogP contribution in [0.4, 0.5) is 19.0 Å². The van der Waals surface area contributed by atoms with Gasteiger partial charge in [-0.15, -0.1) is 0 Å². The first-order chi connectivity index (χ1) is 6.32. The average molecular weight is 271 g/mol. The highest BCUT2D eigenvalue weighted by Gasteiger charge is 2.36. The molecule has 0 radical (unpaired) electrons. The number of aromatic nitrogens is 1. The monoisotopic (exact) mass is 270 g/mol. The fourth-order valence-electron chi connectivity index (χ4n) is 0.738. The van der Waals surface area contributed by atoms with Crippen LogP contribution in [0.3, 0.4) is 0 Å². The Hall–Kier alpha value is -1.18. The quantitative estimate of drug-likeness (QED) is 0.448. The highest BCUT2D eigenvalue weighted by Crippen LogP contribution is 2.34. The van der Waals surface area contributed by atoms with Crippen LogP contribution in [0.25, 0.3) is 0 Å². The highest BCUT2D eigenvalue weighted by atomic mass is 79.9. The average Bonchev–Trinajstić information content (AvgIpc) is 2.01. The molecule has 1 rings (SSSR count). The second-order valence-electron chi connectivity index (χ2n) is 2.26. The minimum Gasteiger partial charge on any atom is -0.358 e. The summed E-state index contributed by atoms with van der Waals surface area (Å²) in [6, 6.07) is 1.31. The second kappa shape index (κ2) is 3.52. The minimum atomic E-state index is -4.57. The van der Waals surface area contributed by atoms with Crippen LogP contribution in [0, 0.1) is 10.1 Å². The summed E-state index contributed by atoms with van der Waals surface area (Å²) in [6.45, 7) is 0. The van der Waals surface area contributed by atoms with Crippen LogP contribution in [0.1, 0.15) is 5.56 Å². The van der Waals surface area contributed by atoms with Crippen molar-refractivity contribution in [1.82, 2.24) is 4.98 Å². The zero-order valence-corrected chi connectivity index (χ0v) is 7.96. The van der Waals surface area contributed by atoms with Gasteiger partial charge in [0.05, 0.1) is 0 Å². The summed E-state index contributed by atoms with van der Waals surface area (Å²) >= 11 is 2.52. The van der Waals surface area contributed by atoms with E-state index in [-0.39, 0.29) is 0 Å². The van der Waals surface area contributed by atoms with E-state index in [1.54, 1.807) is 0 Å². The van der Waals surface area contributed by atoms with E-state index in [1.807, 2.05) is 0 Å². The Labute approximate surface area is 84.0 Å². The Morgan fingerprint density at radius 2 is 2.00 bits per heavy atom.